The van der Waals surface area contributed by atoms with E-state index in [4.69, 9.17) is 0 Å². The average molecular weight is 287 g/mol. The van der Waals surface area contributed by atoms with E-state index in [2.05, 4.69) is 10.4 Å². The van der Waals surface area contributed by atoms with Crippen molar-refractivity contribution in [2.75, 3.05) is 5.32 Å². The predicted molar refractivity (Wildman–Crippen MR) is 74.7 cm³/mol. The van der Waals surface area contributed by atoms with Crippen molar-refractivity contribution in [1.29, 1.82) is 0 Å². The molecule has 2 aromatic carbocycles. The molecule has 0 aliphatic rings. The van der Waals surface area contributed by atoms with Crippen molar-refractivity contribution in [2.24, 2.45) is 0 Å². The van der Waals surface area contributed by atoms with Crippen molar-refractivity contribution in [1.82, 2.24) is 9.78 Å². The molecular formula is C15H11F2N3O. The monoisotopic (exact) mass is 287 g/mol. The van der Waals surface area contributed by atoms with Crippen molar-refractivity contribution < 1.29 is 13.6 Å². The molecule has 1 amide bonds. The molecule has 0 saturated carbocycles. The number of halogens is 2. The molecule has 1 aromatic heterocycles. The molecule has 0 aliphatic heterocycles. The number of anilines is 1. The quantitative estimate of drug-likeness (QED) is 0.805. The van der Waals surface area contributed by atoms with Crippen molar-refractivity contribution in [3.63, 3.8) is 0 Å². The highest BCUT2D eigenvalue weighted by molar-refractivity contribution is 5.91. The maximum absolute atomic E-state index is 13.5. The first kappa shape index (κ1) is 13.2. The zero-order chi connectivity index (χ0) is 14.8. The first-order valence-corrected chi connectivity index (χ1v) is 6.29. The van der Waals surface area contributed by atoms with Gasteiger partial charge in [0.1, 0.15) is 18.2 Å². The molecule has 1 N–H and O–H groups in total. The van der Waals surface area contributed by atoms with E-state index in [1.807, 2.05) is 24.3 Å². The fourth-order valence-corrected chi connectivity index (χ4v) is 2.07. The highest BCUT2D eigenvalue weighted by atomic mass is 19.1. The zero-order valence-corrected chi connectivity index (χ0v) is 10.9. The van der Waals surface area contributed by atoms with Gasteiger partial charge in [-0.1, -0.05) is 18.2 Å². The number of nitrogens with zero attached hydrogens (tertiary/aromatic N) is 2. The van der Waals surface area contributed by atoms with Crippen molar-refractivity contribution >= 4 is 22.5 Å². The molecule has 0 bridgehead atoms. The summed E-state index contributed by atoms with van der Waals surface area (Å²) in [5.74, 6) is -1.78. The van der Waals surface area contributed by atoms with Crippen LogP contribution in [0.15, 0.2) is 48.7 Å². The van der Waals surface area contributed by atoms with E-state index in [-0.39, 0.29) is 12.2 Å². The van der Waals surface area contributed by atoms with Gasteiger partial charge in [-0.3, -0.25) is 9.48 Å². The number of hydrogen-bond acceptors (Lipinski definition) is 2. The van der Waals surface area contributed by atoms with Crippen LogP contribution in [0, 0.1) is 11.6 Å². The van der Waals surface area contributed by atoms with Gasteiger partial charge in [0.2, 0.25) is 5.91 Å². The number of carbonyl (C=O) groups is 1. The van der Waals surface area contributed by atoms with E-state index < -0.39 is 17.5 Å². The Bertz CT molecular complexity index is 814. The molecule has 0 saturated heterocycles. The lowest BCUT2D eigenvalue weighted by Crippen LogP contribution is -2.20. The largest absolute Gasteiger partial charge is 0.322 e. The summed E-state index contributed by atoms with van der Waals surface area (Å²) in [6.07, 6.45) is 1.64. The summed E-state index contributed by atoms with van der Waals surface area (Å²) >= 11 is 0. The molecule has 0 aliphatic carbocycles. The van der Waals surface area contributed by atoms with E-state index in [1.54, 1.807) is 6.20 Å². The van der Waals surface area contributed by atoms with Crippen LogP contribution in [0.3, 0.4) is 0 Å². The molecule has 106 valence electrons. The van der Waals surface area contributed by atoms with Gasteiger partial charge >= 0.3 is 0 Å². The second-order valence-corrected chi connectivity index (χ2v) is 4.53. The third-order valence-corrected chi connectivity index (χ3v) is 3.05. The topological polar surface area (TPSA) is 46.9 Å². The second-order valence-electron chi connectivity index (χ2n) is 4.53. The number of benzene rings is 2. The summed E-state index contributed by atoms with van der Waals surface area (Å²) in [7, 11) is 0. The normalized spacial score (nSPS) is 10.8. The summed E-state index contributed by atoms with van der Waals surface area (Å²) in [5, 5.41) is 7.35. The molecule has 0 unspecified atom stereocenters. The first-order valence-electron chi connectivity index (χ1n) is 6.29. The smallest absolute Gasteiger partial charge is 0.246 e. The van der Waals surface area contributed by atoms with Gasteiger partial charge < -0.3 is 5.32 Å². The van der Waals surface area contributed by atoms with Crippen LogP contribution in [-0.2, 0) is 11.3 Å². The van der Waals surface area contributed by atoms with Crippen LogP contribution >= 0.6 is 0 Å². The summed E-state index contributed by atoms with van der Waals surface area (Å²) in [6.45, 7) is -0.0799. The SMILES string of the molecule is O=C(Cn1ncc2ccccc21)Nc1cc(F)ccc1F. The minimum atomic E-state index is -0.685. The minimum Gasteiger partial charge on any atom is -0.322 e. The van der Waals surface area contributed by atoms with Crippen LogP contribution in [-0.4, -0.2) is 15.7 Å². The third-order valence-electron chi connectivity index (χ3n) is 3.05. The maximum Gasteiger partial charge on any atom is 0.246 e. The first-order chi connectivity index (χ1) is 10.1. The predicted octanol–water partition coefficient (Wildman–Crippen LogP) is 2.95. The number of amides is 1. The average Bonchev–Trinajstić information content (AvgIpc) is 2.86. The van der Waals surface area contributed by atoms with Gasteiger partial charge in [0.25, 0.3) is 0 Å². The number of nitrogens with one attached hydrogen (secondary N) is 1. The van der Waals surface area contributed by atoms with Gasteiger partial charge in [-0.25, -0.2) is 8.78 Å². The summed E-state index contributed by atoms with van der Waals surface area (Å²) in [5.41, 5.74) is 0.615. The maximum atomic E-state index is 13.5. The van der Waals surface area contributed by atoms with Crippen molar-refractivity contribution in [2.45, 2.75) is 6.54 Å². The standard InChI is InChI=1S/C15H11F2N3O/c16-11-5-6-12(17)13(7-11)19-15(21)9-20-14-4-2-1-3-10(14)8-18-20/h1-8H,9H2,(H,19,21). The van der Waals surface area contributed by atoms with Crippen LogP contribution in [0.1, 0.15) is 0 Å². The zero-order valence-electron chi connectivity index (χ0n) is 10.9. The molecule has 3 rings (SSSR count). The van der Waals surface area contributed by atoms with Gasteiger partial charge in [-0.15, -0.1) is 0 Å². The number of aromatic nitrogens is 2. The summed E-state index contributed by atoms with van der Waals surface area (Å²) in [4.78, 5) is 11.9. The molecule has 0 atom stereocenters. The molecule has 3 aromatic rings. The van der Waals surface area contributed by atoms with Crippen LogP contribution in [0.4, 0.5) is 14.5 Å². The molecule has 0 fully saturated rings. The van der Waals surface area contributed by atoms with E-state index in [0.29, 0.717) is 0 Å². The Kier molecular flexibility index (Phi) is 3.35. The van der Waals surface area contributed by atoms with E-state index in [1.165, 1.54) is 4.68 Å². The van der Waals surface area contributed by atoms with Gasteiger partial charge in [-0.05, 0) is 18.2 Å². The lowest BCUT2D eigenvalue weighted by molar-refractivity contribution is -0.116. The van der Waals surface area contributed by atoms with Gasteiger partial charge in [-0.2, -0.15) is 5.10 Å². The van der Waals surface area contributed by atoms with Gasteiger partial charge in [0.15, 0.2) is 0 Å². The fourth-order valence-electron chi connectivity index (χ4n) is 2.07. The van der Waals surface area contributed by atoms with Crippen LogP contribution in [0.25, 0.3) is 10.9 Å². The Hall–Kier alpha value is -2.76. The fraction of sp³-hybridized carbons (Fsp3) is 0.0667. The second kappa shape index (κ2) is 5.32. The van der Waals surface area contributed by atoms with Crippen molar-refractivity contribution in [3.8, 4) is 0 Å². The van der Waals surface area contributed by atoms with Gasteiger partial charge in [0, 0.05) is 11.5 Å². The highest BCUT2D eigenvalue weighted by Gasteiger charge is 2.10. The summed E-state index contributed by atoms with van der Waals surface area (Å²) < 4.78 is 28.0. The highest BCUT2D eigenvalue weighted by Crippen LogP contribution is 2.16. The molecule has 1 heterocycles. The number of hydrogen-bond donors (Lipinski definition) is 1. The Morgan fingerprint density at radius 2 is 2.00 bits per heavy atom. The number of carbonyl (C=O) groups excluding carboxylic acids is 1. The lowest BCUT2D eigenvalue weighted by atomic mass is 10.2. The van der Waals surface area contributed by atoms with E-state index >= 15 is 0 Å². The summed E-state index contributed by atoms with van der Waals surface area (Å²) in [6, 6.07) is 10.3. The molecular weight excluding hydrogens is 276 g/mol. The lowest BCUT2D eigenvalue weighted by Gasteiger charge is -2.07. The van der Waals surface area contributed by atoms with Crippen LogP contribution < -0.4 is 5.32 Å². The Morgan fingerprint density at radius 1 is 1.19 bits per heavy atom. The number of rotatable bonds is 3. The number of fused-ring (bicyclic) bond motifs is 1. The minimum absolute atomic E-state index is 0.0799. The molecule has 0 spiro atoms. The number of para-hydroxylation sites is 1. The Balaban J connectivity index is 1.79. The Morgan fingerprint density at radius 3 is 2.86 bits per heavy atom. The molecule has 21 heavy (non-hydrogen) atoms. The van der Waals surface area contributed by atoms with Crippen LogP contribution in [0.2, 0.25) is 0 Å². The van der Waals surface area contributed by atoms with E-state index in [0.717, 1.165) is 29.1 Å². The Labute approximate surface area is 119 Å². The molecule has 6 heteroatoms. The van der Waals surface area contributed by atoms with Crippen molar-refractivity contribution in [3.05, 3.63) is 60.3 Å². The van der Waals surface area contributed by atoms with E-state index in [9.17, 15) is 13.6 Å². The molecule has 0 radical (unpaired) electrons. The third kappa shape index (κ3) is 2.74. The van der Waals surface area contributed by atoms with Gasteiger partial charge in [0.05, 0.1) is 17.4 Å². The van der Waals surface area contributed by atoms with Crippen LogP contribution in [0.5, 0.6) is 0 Å². The molecule has 4 nitrogen and oxygen atoms in total.